The van der Waals surface area contributed by atoms with E-state index in [1.807, 2.05) is 0 Å². The lowest BCUT2D eigenvalue weighted by Gasteiger charge is -2.12. The van der Waals surface area contributed by atoms with Crippen LogP contribution in [0.5, 0.6) is 0 Å². The molecule has 22 rings (SSSR count). The van der Waals surface area contributed by atoms with Crippen molar-refractivity contribution in [2.24, 2.45) is 0 Å². The van der Waals surface area contributed by atoms with Crippen molar-refractivity contribution >= 4 is 109 Å². The molecular formula is C102H66N6. The van der Waals surface area contributed by atoms with Crippen LogP contribution in [-0.2, 0) is 0 Å². The summed E-state index contributed by atoms with van der Waals surface area (Å²) < 4.78 is 9.62. The van der Waals surface area contributed by atoms with Gasteiger partial charge in [-0.15, -0.1) is 0 Å². The SMILES string of the molecule is c1ccc(-c2ccc(-n3c4ccccc4c4cc(-c5ccc6c(c5)c5cnc7ccccc7c5n6-c5ccc(-c6ccccc6)cc5)ccc43)cc2)cc1.c1ccc(-c2cccc(-n3c4ccccc4c4cc(-c5ccc6c(c5)c5cnc7ccccc7c5n6-c5cccc(-c6ccccc6)c5)ccc43)c2)cc1. The van der Waals surface area contributed by atoms with Crippen molar-refractivity contribution < 1.29 is 0 Å². The summed E-state index contributed by atoms with van der Waals surface area (Å²) in [6.07, 6.45) is 4.11. The molecule has 16 aromatic carbocycles. The Morgan fingerprint density at radius 2 is 0.407 bits per heavy atom. The molecule has 0 radical (unpaired) electrons. The van der Waals surface area contributed by atoms with Gasteiger partial charge in [0.25, 0.3) is 0 Å². The Labute approximate surface area is 623 Å². The minimum Gasteiger partial charge on any atom is -0.309 e. The average molecular weight is 1380 g/mol. The van der Waals surface area contributed by atoms with E-state index in [1.54, 1.807) is 0 Å². The highest BCUT2D eigenvalue weighted by molar-refractivity contribution is 6.20. The highest BCUT2D eigenvalue weighted by atomic mass is 15.0. The number of aromatic nitrogens is 6. The van der Waals surface area contributed by atoms with E-state index in [2.05, 4.69) is 419 Å². The first kappa shape index (κ1) is 62.1. The van der Waals surface area contributed by atoms with Crippen molar-refractivity contribution in [1.82, 2.24) is 28.2 Å². The third kappa shape index (κ3) is 10.5. The number of rotatable bonds is 10. The van der Waals surface area contributed by atoms with Crippen molar-refractivity contribution in [3.63, 3.8) is 0 Å². The molecule has 0 N–H and O–H groups in total. The van der Waals surface area contributed by atoms with Crippen LogP contribution in [0.4, 0.5) is 0 Å². The number of para-hydroxylation sites is 4. The molecule has 6 nitrogen and oxygen atoms in total. The van der Waals surface area contributed by atoms with E-state index >= 15 is 0 Å². The lowest BCUT2D eigenvalue weighted by Crippen LogP contribution is -1.95. The van der Waals surface area contributed by atoms with E-state index in [0.717, 1.165) is 66.4 Å². The minimum atomic E-state index is 0.990. The molecule has 6 aromatic heterocycles. The summed E-state index contributed by atoms with van der Waals surface area (Å²) in [4.78, 5) is 9.89. The van der Waals surface area contributed by atoms with Crippen LogP contribution >= 0.6 is 0 Å². The van der Waals surface area contributed by atoms with Crippen LogP contribution in [0.1, 0.15) is 0 Å². The molecule has 0 saturated heterocycles. The predicted molar refractivity (Wildman–Crippen MR) is 453 cm³/mol. The second-order valence-electron chi connectivity index (χ2n) is 28.0. The van der Waals surface area contributed by atoms with Crippen LogP contribution in [-0.4, -0.2) is 28.2 Å². The lowest BCUT2D eigenvalue weighted by atomic mass is 10.0. The number of nitrogens with zero attached hydrogens (tertiary/aromatic N) is 6. The third-order valence-electron chi connectivity index (χ3n) is 21.9. The van der Waals surface area contributed by atoms with Gasteiger partial charge in [0.15, 0.2) is 0 Å². The quantitative estimate of drug-likeness (QED) is 0.137. The fourth-order valence-electron chi connectivity index (χ4n) is 16.8. The number of hydrogen-bond donors (Lipinski definition) is 0. The van der Waals surface area contributed by atoms with Gasteiger partial charge in [0.05, 0.1) is 55.2 Å². The molecule has 0 aliphatic rings. The van der Waals surface area contributed by atoms with Gasteiger partial charge >= 0.3 is 0 Å². The molecular weight excluding hydrogens is 1310 g/mol. The molecule has 0 amide bonds. The summed E-state index contributed by atoms with van der Waals surface area (Å²) in [7, 11) is 0. The van der Waals surface area contributed by atoms with Crippen LogP contribution in [0.15, 0.2) is 401 Å². The fourth-order valence-corrected chi connectivity index (χ4v) is 16.8. The maximum atomic E-state index is 4.95. The number of fused-ring (bicyclic) bond motifs is 16. The van der Waals surface area contributed by atoms with Crippen LogP contribution in [0.2, 0.25) is 0 Å². The zero-order valence-electron chi connectivity index (χ0n) is 58.8. The Bertz CT molecular complexity index is 7250. The van der Waals surface area contributed by atoms with Crippen molar-refractivity contribution in [2.75, 3.05) is 0 Å². The topological polar surface area (TPSA) is 45.5 Å². The first-order chi connectivity index (χ1) is 53.6. The van der Waals surface area contributed by atoms with Crippen molar-refractivity contribution in [3.8, 4) is 89.5 Å². The number of pyridine rings is 2. The Morgan fingerprint density at radius 3 is 0.815 bits per heavy atom. The fraction of sp³-hybridized carbons (Fsp3) is 0. The molecule has 0 fully saturated rings. The minimum absolute atomic E-state index is 0.990. The van der Waals surface area contributed by atoms with Gasteiger partial charge in [-0.1, -0.05) is 267 Å². The largest absolute Gasteiger partial charge is 0.309 e. The van der Waals surface area contributed by atoms with Crippen LogP contribution in [0, 0.1) is 0 Å². The molecule has 0 saturated carbocycles. The van der Waals surface area contributed by atoms with Gasteiger partial charge in [-0.25, -0.2) is 0 Å². The molecule has 6 heterocycles. The second-order valence-corrected chi connectivity index (χ2v) is 28.0. The lowest BCUT2D eigenvalue weighted by molar-refractivity contribution is 1.18. The number of hydrogen-bond acceptors (Lipinski definition) is 2. The van der Waals surface area contributed by atoms with Gasteiger partial charge in [-0.05, 0) is 188 Å². The second kappa shape index (κ2) is 25.7. The normalized spacial score (nSPS) is 11.7. The Balaban J connectivity index is 0.000000138. The highest BCUT2D eigenvalue weighted by Crippen LogP contribution is 2.44. The summed E-state index contributed by atoms with van der Waals surface area (Å²) in [6.45, 7) is 0. The maximum Gasteiger partial charge on any atom is 0.0723 e. The van der Waals surface area contributed by atoms with E-state index < -0.39 is 0 Å². The molecule has 0 spiro atoms. The summed E-state index contributed by atoms with van der Waals surface area (Å²) in [5, 5.41) is 11.9. The predicted octanol–water partition coefficient (Wildman–Crippen LogP) is 26.9. The van der Waals surface area contributed by atoms with Gasteiger partial charge in [-0.3, -0.25) is 9.97 Å². The average Bonchev–Trinajstić information content (AvgIpc) is 1.60. The van der Waals surface area contributed by atoms with Crippen LogP contribution in [0.3, 0.4) is 0 Å². The van der Waals surface area contributed by atoms with Gasteiger partial charge in [0, 0.05) is 89.0 Å². The molecule has 0 unspecified atom stereocenters. The summed E-state index contributed by atoms with van der Waals surface area (Å²) in [5.74, 6) is 0. The molecule has 0 aliphatic carbocycles. The molecule has 0 aliphatic heterocycles. The van der Waals surface area contributed by atoms with Crippen LogP contribution < -0.4 is 0 Å². The van der Waals surface area contributed by atoms with Gasteiger partial charge in [0.1, 0.15) is 0 Å². The smallest absolute Gasteiger partial charge is 0.0723 e. The van der Waals surface area contributed by atoms with E-state index in [1.165, 1.54) is 132 Å². The van der Waals surface area contributed by atoms with Crippen molar-refractivity contribution in [1.29, 1.82) is 0 Å². The Morgan fingerprint density at radius 1 is 0.148 bits per heavy atom. The highest BCUT2D eigenvalue weighted by Gasteiger charge is 2.22. The zero-order valence-corrected chi connectivity index (χ0v) is 58.8. The number of benzene rings is 16. The monoisotopic (exact) mass is 1370 g/mol. The molecule has 6 heteroatoms. The standard InChI is InChI=1S/2C51H33N3/c1-3-13-34(14-4-1)36-17-11-19-40(29-36)53-48-24-10-8-21-42(48)44-31-38(25-27-49(44)53)39-26-28-50-45(32-39)46-33-52-47-23-9-7-22-43(47)51(46)54(50)41-20-12-18-37(30-41)35-15-5-2-6-16-35;1-3-11-34(12-4-1)36-19-25-40(26-20-36)53-48-18-10-8-15-42(48)44-31-38(23-29-49(44)53)39-24-30-50-45(32-39)46-33-52-47-17-9-7-16-43(47)51(46)54(50)41-27-21-37(22-28-41)35-13-5-2-6-14-35/h2*1-33H. The summed E-state index contributed by atoms with van der Waals surface area (Å²) in [6, 6.07) is 140. The molecule has 0 bridgehead atoms. The first-order valence-corrected chi connectivity index (χ1v) is 36.9. The first-order valence-electron chi connectivity index (χ1n) is 36.9. The van der Waals surface area contributed by atoms with E-state index in [9.17, 15) is 0 Å². The van der Waals surface area contributed by atoms with Crippen LogP contribution in [0.25, 0.3) is 199 Å². The molecule has 0 atom stereocenters. The third-order valence-corrected chi connectivity index (χ3v) is 21.9. The van der Waals surface area contributed by atoms with E-state index in [-0.39, 0.29) is 0 Å². The van der Waals surface area contributed by atoms with Crippen molar-refractivity contribution in [2.45, 2.75) is 0 Å². The van der Waals surface area contributed by atoms with E-state index in [4.69, 9.17) is 9.97 Å². The van der Waals surface area contributed by atoms with Gasteiger partial charge in [-0.2, -0.15) is 0 Å². The van der Waals surface area contributed by atoms with E-state index in [0.29, 0.717) is 0 Å². The molecule has 108 heavy (non-hydrogen) atoms. The molecule has 504 valence electrons. The van der Waals surface area contributed by atoms with Crippen molar-refractivity contribution in [3.05, 3.63) is 401 Å². The van der Waals surface area contributed by atoms with Gasteiger partial charge in [0.2, 0.25) is 0 Å². The summed E-state index contributed by atoms with van der Waals surface area (Å²) in [5.41, 5.74) is 30.4. The summed E-state index contributed by atoms with van der Waals surface area (Å²) >= 11 is 0. The Hall–Kier alpha value is -14.5. The molecule has 22 aromatic rings. The maximum absolute atomic E-state index is 4.95. The zero-order chi connectivity index (χ0) is 71.2. The Kier molecular flexibility index (Phi) is 14.8. The van der Waals surface area contributed by atoms with Gasteiger partial charge < -0.3 is 18.3 Å².